The first-order valence-corrected chi connectivity index (χ1v) is 8.58. The zero-order valence-electron chi connectivity index (χ0n) is 14.4. The number of fused-ring (bicyclic) bond motifs is 2. The summed E-state index contributed by atoms with van der Waals surface area (Å²) in [5, 5.41) is 9.99. The maximum atomic E-state index is 12.9. The zero-order valence-corrected chi connectivity index (χ0v) is 14.4. The molecule has 136 valence electrons. The van der Waals surface area contributed by atoms with E-state index in [1.165, 1.54) is 15.8 Å². The first kappa shape index (κ1) is 17.0. The van der Waals surface area contributed by atoms with Crippen molar-refractivity contribution in [1.82, 2.24) is 14.5 Å². The van der Waals surface area contributed by atoms with Gasteiger partial charge < -0.3 is 10.0 Å². The molecule has 1 N–H and O–H groups in total. The van der Waals surface area contributed by atoms with Crippen molar-refractivity contribution in [3.8, 4) is 0 Å². The van der Waals surface area contributed by atoms with Crippen molar-refractivity contribution in [3.63, 3.8) is 0 Å². The second-order valence-electron chi connectivity index (χ2n) is 6.54. The van der Waals surface area contributed by atoms with Crippen LogP contribution in [0.4, 0.5) is 0 Å². The molecule has 1 atom stereocenters. The summed E-state index contributed by atoms with van der Waals surface area (Å²) >= 11 is 0. The van der Waals surface area contributed by atoms with Crippen molar-refractivity contribution < 1.29 is 14.7 Å². The normalized spacial score (nSPS) is 16.1. The highest BCUT2D eigenvalue weighted by atomic mass is 16.4. The van der Waals surface area contributed by atoms with Crippen molar-refractivity contribution in [2.75, 3.05) is 0 Å². The maximum absolute atomic E-state index is 12.9. The minimum atomic E-state index is -1.05. The highest BCUT2D eigenvalue weighted by Crippen LogP contribution is 2.23. The lowest BCUT2D eigenvalue weighted by atomic mass is 9.94. The van der Waals surface area contributed by atoms with E-state index in [-0.39, 0.29) is 25.1 Å². The lowest BCUT2D eigenvalue weighted by Crippen LogP contribution is -2.50. The second-order valence-corrected chi connectivity index (χ2v) is 6.54. The fourth-order valence-corrected chi connectivity index (χ4v) is 3.46. The topological polar surface area (TPSA) is 92.5 Å². The monoisotopic (exact) mass is 363 g/mol. The van der Waals surface area contributed by atoms with E-state index in [0.717, 1.165) is 11.1 Å². The summed E-state index contributed by atoms with van der Waals surface area (Å²) in [6, 6.07) is 13.4. The smallest absolute Gasteiger partial charge is 0.326 e. The van der Waals surface area contributed by atoms with Crippen molar-refractivity contribution in [3.05, 3.63) is 76.3 Å². The summed E-state index contributed by atoms with van der Waals surface area (Å²) in [6.45, 7) is -0.0374. The molecule has 0 unspecified atom stereocenters. The number of para-hydroxylation sites is 1. The number of nitrogens with zero attached hydrogens (tertiary/aromatic N) is 3. The number of carbonyl (C=O) groups excluding carboxylic acids is 1. The van der Waals surface area contributed by atoms with Crippen LogP contribution in [0.1, 0.15) is 11.1 Å². The lowest BCUT2D eigenvalue weighted by Gasteiger charge is -2.34. The Labute approximate surface area is 154 Å². The first-order chi connectivity index (χ1) is 13.0. The molecule has 0 radical (unpaired) electrons. The van der Waals surface area contributed by atoms with Gasteiger partial charge in [-0.05, 0) is 23.3 Å². The van der Waals surface area contributed by atoms with Gasteiger partial charge in [0, 0.05) is 13.0 Å². The Morgan fingerprint density at radius 1 is 1.07 bits per heavy atom. The Balaban J connectivity index is 1.65. The molecule has 27 heavy (non-hydrogen) atoms. The molecular formula is C20H17N3O4. The number of carbonyl (C=O) groups is 2. The summed E-state index contributed by atoms with van der Waals surface area (Å²) in [5.74, 6) is -1.47. The van der Waals surface area contributed by atoms with Crippen molar-refractivity contribution in [1.29, 1.82) is 0 Å². The summed E-state index contributed by atoms with van der Waals surface area (Å²) < 4.78 is 1.23. The molecule has 0 saturated heterocycles. The van der Waals surface area contributed by atoms with E-state index < -0.39 is 17.9 Å². The number of aromatic nitrogens is 2. The molecule has 0 saturated carbocycles. The van der Waals surface area contributed by atoms with Gasteiger partial charge in [-0.2, -0.15) is 0 Å². The molecule has 0 fully saturated rings. The number of benzene rings is 2. The molecule has 3 aromatic rings. The number of aliphatic carboxylic acids is 1. The summed E-state index contributed by atoms with van der Waals surface area (Å²) in [7, 11) is 0. The number of hydrogen-bond acceptors (Lipinski definition) is 4. The van der Waals surface area contributed by atoms with E-state index in [4.69, 9.17) is 0 Å². The van der Waals surface area contributed by atoms with E-state index in [0.29, 0.717) is 10.9 Å². The van der Waals surface area contributed by atoms with Gasteiger partial charge in [0.2, 0.25) is 5.91 Å². The molecular weight excluding hydrogens is 346 g/mol. The maximum Gasteiger partial charge on any atom is 0.326 e. The van der Waals surface area contributed by atoms with Crippen LogP contribution < -0.4 is 5.56 Å². The number of carboxylic acids is 1. The van der Waals surface area contributed by atoms with Gasteiger partial charge >= 0.3 is 5.97 Å². The SMILES string of the molecule is O=C(O)[C@@H]1Cc2ccccc2CN1C(=O)Cn1cnc2ccccc2c1=O. The average Bonchev–Trinajstić information content (AvgIpc) is 2.69. The van der Waals surface area contributed by atoms with E-state index in [2.05, 4.69) is 4.98 Å². The van der Waals surface area contributed by atoms with Crippen molar-refractivity contribution >= 4 is 22.8 Å². The Morgan fingerprint density at radius 2 is 1.78 bits per heavy atom. The van der Waals surface area contributed by atoms with Crippen LogP contribution in [-0.2, 0) is 29.1 Å². The van der Waals surface area contributed by atoms with Crippen molar-refractivity contribution in [2.24, 2.45) is 0 Å². The minimum absolute atomic E-state index is 0.210. The first-order valence-electron chi connectivity index (χ1n) is 8.58. The molecule has 1 aromatic heterocycles. The molecule has 4 rings (SSSR count). The van der Waals surface area contributed by atoms with Crippen LogP contribution in [0.2, 0.25) is 0 Å². The van der Waals surface area contributed by atoms with Gasteiger partial charge in [-0.3, -0.25) is 14.2 Å². The molecule has 0 bridgehead atoms. The number of rotatable bonds is 3. The van der Waals surface area contributed by atoms with Crippen LogP contribution in [0.5, 0.6) is 0 Å². The number of amides is 1. The van der Waals surface area contributed by atoms with Crippen LogP contribution in [0.3, 0.4) is 0 Å². The molecule has 1 aliphatic heterocycles. The van der Waals surface area contributed by atoms with Gasteiger partial charge in [0.05, 0.1) is 17.2 Å². The Morgan fingerprint density at radius 3 is 2.56 bits per heavy atom. The summed E-state index contributed by atoms with van der Waals surface area (Å²) in [6.07, 6.45) is 1.58. The van der Waals surface area contributed by atoms with Crippen molar-refractivity contribution in [2.45, 2.75) is 25.6 Å². The standard InChI is InChI=1S/C20H17N3O4/c24-18(11-22-12-21-16-8-4-3-7-15(16)19(22)25)23-10-14-6-2-1-5-13(14)9-17(23)20(26)27/h1-8,12,17H,9-11H2,(H,26,27)/t17-/m0/s1. The molecule has 7 nitrogen and oxygen atoms in total. The molecule has 1 amide bonds. The summed E-state index contributed by atoms with van der Waals surface area (Å²) in [4.78, 5) is 42.7. The number of hydrogen-bond donors (Lipinski definition) is 1. The molecule has 7 heteroatoms. The molecule has 2 aromatic carbocycles. The van der Waals surface area contributed by atoms with Crippen LogP contribution in [-0.4, -0.2) is 37.5 Å². The quantitative estimate of drug-likeness (QED) is 0.760. The van der Waals surface area contributed by atoms with E-state index in [1.54, 1.807) is 24.3 Å². The van der Waals surface area contributed by atoms with Gasteiger partial charge in [0.1, 0.15) is 12.6 Å². The fourth-order valence-electron chi connectivity index (χ4n) is 3.46. The highest BCUT2D eigenvalue weighted by molar-refractivity contribution is 5.85. The van der Waals surface area contributed by atoms with Gasteiger partial charge in [-0.15, -0.1) is 0 Å². The third-order valence-electron chi connectivity index (χ3n) is 4.89. The van der Waals surface area contributed by atoms with E-state index in [1.807, 2.05) is 24.3 Å². The second kappa shape index (κ2) is 6.68. The van der Waals surface area contributed by atoms with E-state index in [9.17, 15) is 19.5 Å². The molecule has 0 spiro atoms. The fraction of sp³-hybridized carbons (Fsp3) is 0.200. The Hall–Kier alpha value is -3.48. The third-order valence-corrected chi connectivity index (χ3v) is 4.89. The predicted molar refractivity (Wildman–Crippen MR) is 98.1 cm³/mol. The zero-order chi connectivity index (χ0) is 19.0. The minimum Gasteiger partial charge on any atom is -0.480 e. The Bertz CT molecular complexity index is 1110. The van der Waals surface area contributed by atoms with Gasteiger partial charge in [0.25, 0.3) is 5.56 Å². The van der Waals surface area contributed by atoms with Gasteiger partial charge in [0.15, 0.2) is 0 Å². The van der Waals surface area contributed by atoms with E-state index >= 15 is 0 Å². The average molecular weight is 363 g/mol. The van der Waals surface area contributed by atoms with Gasteiger partial charge in [-0.25, -0.2) is 9.78 Å². The predicted octanol–water partition coefficient (Wildman–Crippen LogP) is 1.43. The molecule has 0 aliphatic carbocycles. The summed E-state index contributed by atoms with van der Waals surface area (Å²) in [5.41, 5.74) is 2.09. The van der Waals surface area contributed by atoms with Crippen LogP contribution >= 0.6 is 0 Å². The Kier molecular flexibility index (Phi) is 4.19. The van der Waals surface area contributed by atoms with Gasteiger partial charge in [-0.1, -0.05) is 36.4 Å². The largest absolute Gasteiger partial charge is 0.480 e. The molecule has 2 heterocycles. The van der Waals surface area contributed by atoms with Crippen LogP contribution in [0, 0.1) is 0 Å². The highest BCUT2D eigenvalue weighted by Gasteiger charge is 2.34. The lowest BCUT2D eigenvalue weighted by molar-refractivity contribution is -0.151. The van der Waals surface area contributed by atoms with Crippen LogP contribution in [0.25, 0.3) is 10.9 Å². The number of carboxylic acid groups (broad SMARTS) is 1. The molecule has 1 aliphatic rings. The van der Waals surface area contributed by atoms with Crippen LogP contribution in [0.15, 0.2) is 59.7 Å². The third kappa shape index (κ3) is 3.08.